The summed E-state index contributed by atoms with van der Waals surface area (Å²) in [6, 6.07) is 0. The van der Waals surface area contributed by atoms with E-state index in [-0.39, 0.29) is 18.9 Å². The van der Waals surface area contributed by atoms with Crippen molar-refractivity contribution in [2.75, 3.05) is 19.7 Å². The minimum Gasteiger partial charge on any atom is -0.465 e. The molecular weight excluding hydrogens is 194 g/mol. The van der Waals surface area contributed by atoms with Gasteiger partial charge in [0, 0.05) is 6.54 Å². The Labute approximate surface area is 90.6 Å². The van der Waals surface area contributed by atoms with Gasteiger partial charge in [0.15, 0.2) is 0 Å². The molecule has 0 rings (SSSR count). The minimum atomic E-state index is -0.392. The molecule has 0 bridgehead atoms. The highest BCUT2D eigenvalue weighted by molar-refractivity contribution is 5.83. The maximum Gasteiger partial charge on any atom is 0.325 e. The van der Waals surface area contributed by atoms with Crippen LogP contribution in [0, 0.1) is 12.3 Å². The number of hydrogen-bond acceptors (Lipinski definition) is 3. The van der Waals surface area contributed by atoms with E-state index < -0.39 is 5.97 Å². The normalized spacial score (nSPS) is 9.13. The second-order valence-corrected chi connectivity index (χ2v) is 3.00. The second-order valence-electron chi connectivity index (χ2n) is 3.00. The second kappa shape index (κ2) is 7.86. The molecule has 15 heavy (non-hydrogen) atoms. The summed E-state index contributed by atoms with van der Waals surface area (Å²) in [6.07, 6.45) is 5.85. The molecule has 0 aromatic carbocycles. The topological polar surface area (TPSA) is 46.6 Å². The molecule has 0 unspecified atom stereocenters. The van der Waals surface area contributed by atoms with Gasteiger partial charge >= 0.3 is 5.97 Å². The Hall–Kier alpha value is -1.50. The van der Waals surface area contributed by atoms with Crippen LogP contribution in [-0.2, 0) is 14.3 Å². The van der Waals surface area contributed by atoms with Gasteiger partial charge in [-0.2, -0.15) is 0 Å². The minimum absolute atomic E-state index is 0.0117. The number of terminal acetylenes is 1. The van der Waals surface area contributed by atoms with Gasteiger partial charge in [0.25, 0.3) is 0 Å². The molecule has 0 fully saturated rings. The molecule has 0 atom stereocenters. The first-order chi connectivity index (χ1) is 7.15. The molecule has 0 aliphatic heterocycles. The molecule has 0 saturated heterocycles. The lowest BCUT2D eigenvalue weighted by atomic mass is 10.3. The van der Waals surface area contributed by atoms with E-state index in [9.17, 15) is 9.59 Å². The molecule has 0 heterocycles. The predicted octanol–water partition coefficient (Wildman–Crippen LogP) is 0.811. The number of amides is 1. The van der Waals surface area contributed by atoms with Crippen LogP contribution in [0.25, 0.3) is 0 Å². The highest BCUT2D eigenvalue weighted by Crippen LogP contribution is 1.97. The van der Waals surface area contributed by atoms with Crippen LogP contribution in [0.2, 0.25) is 0 Å². The third kappa shape index (κ3) is 5.74. The Morgan fingerprint density at radius 3 is 2.53 bits per heavy atom. The zero-order valence-electron chi connectivity index (χ0n) is 9.28. The lowest BCUT2D eigenvalue weighted by molar-refractivity contribution is -0.148. The Kier molecular flexibility index (Phi) is 7.08. The smallest absolute Gasteiger partial charge is 0.325 e. The zero-order valence-corrected chi connectivity index (χ0v) is 9.28. The summed E-state index contributed by atoms with van der Waals surface area (Å²) in [4.78, 5) is 24.0. The van der Waals surface area contributed by atoms with E-state index in [1.165, 1.54) is 4.90 Å². The Balaban J connectivity index is 4.21. The molecule has 0 aliphatic rings. The van der Waals surface area contributed by atoms with E-state index >= 15 is 0 Å². The van der Waals surface area contributed by atoms with Crippen molar-refractivity contribution < 1.29 is 14.3 Å². The van der Waals surface area contributed by atoms with Crippen molar-refractivity contribution in [1.29, 1.82) is 0 Å². The van der Waals surface area contributed by atoms with Crippen molar-refractivity contribution in [1.82, 2.24) is 4.90 Å². The molecule has 84 valence electrons. The van der Waals surface area contributed by atoms with Gasteiger partial charge in [0.1, 0.15) is 6.54 Å². The van der Waals surface area contributed by atoms with Crippen LogP contribution >= 0.6 is 0 Å². The average molecular weight is 211 g/mol. The monoisotopic (exact) mass is 211 g/mol. The van der Waals surface area contributed by atoms with Crippen LogP contribution in [-0.4, -0.2) is 36.5 Å². The number of rotatable bonds is 6. The Morgan fingerprint density at radius 1 is 1.40 bits per heavy atom. The maximum absolute atomic E-state index is 11.4. The zero-order chi connectivity index (χ0) is 11.7. The molecule has 0 radical (unpaired) electrons. The summed E-state index contributed by atoms with van der Waals surface area (Å²) in [5, 5.41) is 0. The fourth-order valence-electron chi connectivity index (χ4n) is 1.12. The molecular formula is C11H17NO3. The first-order valence-corrected chi connectivity index (χ1v) is 5.02. The molecule has 0 spiro atoms. The summed E-state index contributed by atoms with van der Waals surface area (Å²) in [5.74, 6) is 1.67. The van der Waals surface area contributed by atoms with Crippen molar-refractivity contribution in [3.63, 3.8) is 0 Å². The summed E-state index contributed by atoms with van der Waals surface area (Å²) >= 11 is 0. The van der Waals surface area contributed by atoms with Crippen molar-refractivity contribution in [3.8, 4) is 12.3 Å². The number of nitrogens with zero attached hydrogens (tertiary/aromatic N) is 1. The van der Waals surface area contributed by atoms with Gasteiger partial charge in [-0.1, -0.05) is 12.8 Å². The van der Waals surface area contributed by atoms with Gasteiger partial charge < -0.3 is 9.64 Å². The predicted molar refractivity (Wildman–Crippen MR) is 57.0 cm³/mol. The maximum atomic E-state index is 11.4. The van der Waals surface area contributed by atoms with E-state index in [1.807, 2.05) is 6.92 Å². The van der Waals surface area contributed by atoms with Gasteiger partial charge in [-0.3, -0.25) is 9.59 Å². The fraction of sp³-hybridized carbons (Fsp3) is 0.636. The molecule has 0 N–H and O–H groups in total. The quantitative estimate of drug-likeness (QED) is 0.482. The van der Waals surface area contributed by atoms with E-state index in [0.29, 0.717) is 13.2 Å². The van der Waals surface area contributed by atoms with E-state index in [2.05, 4.69) is 5.92 Å². The molecule has 4 heteroatoms. The van der Waals surface area contributed by atoms with Crippen LogP contribution in [0.5, 0.6) is 0 Å². The highest BCUT2D eigenvalue weighted by Gasteiger charge is 2.15. The van der Waals surface area contributed by atoms with E-state index in [0.717, 1.165) is 6.42 Å². The van der Waals surface area contributed by atoms with Crippen molar-refractivity contribution >= 4 is 11.9 Å². The first kappa shape index (κ1) is 13.5. The summed E-state index contributed by atoms with van der Waals surface area (Å²) < 4.78 is 4.76. The number of carbonyl (C=O) groups is 2. The molecule has 0 aliphatic carbocycles. The van der Waals surface area contributed by atoms with Crippen molar-refractivity contribution in [3.05, 3.63) is 0 Å². The van der Waals surface area contributed by atoms with Gasteiger partial charge in [-0.05, 0) is 13.3 Å². The average Bonchev–Trinajstić information content (AvgIpc) is 2.18. The number of esters is 1. The molecule has 0 saturated carbocycles. The lowest BCUT2D eigenvalue weighted by Crippen LogP contribution is -2.36. The van der Waals surface area contributed by atoms with Crippen LogP contribution in [0.1, 0.15) is 26.7 Å². The molecule has 0 aromatic heterocycles. The van der Waals surface area contributed by atoms with Crippen molar-refractivity contribution in [2.45, 2.75) is 26.7 Å². The molecule has 4 nitrogen and oxygen atoms in total. The highest BCUT2D eigenvalue weighted by atomic mass is 16.5. The fourth-order valence-corrected chi connectivity index (χ4v) is 1.12. The number of ether oxygens (including phenoxy) is 1. The first-order valence-electron chi connectivity index (χ1n) is 5.02. The third-order valence-corrected chi connectivity index (χ3v) is 1.72. The third-order valence-electron chi connectivity index (χ3n) is 1.72. The van der Waals surface area contributed by atoms with Crippen molar-refractivity contribution in [2.24, 2.45) is 0 Å². The summed E-state index contributed by atoms with van der Waals surface area (Å²) in [5.41, 5.74) is 0. The van der Waals surface area contributed by atoms with E-state index in [4.69, 9.17) is 11.2 Å². The van der Waals surface area contributed by atoms with Crippen LogP contribution in [0.4, 0.5) is 0 Å². The summed E-state index contributed by atoms with van der Waals surface area (Å²) in [6.45, 7) is 4.50. The van der Waals surface area contributed by atoms with Gasteiger partial charge in [0.05, 0.1) is 13.0 Å². The standard InChI is InChI=1S/C11H17NO3/c1-4-7-10(13)12(8-5-2)9-11(14)15-6-3/h1H,5-9H2,2-3H3. The van der Waals surface area contributed by atoms with Gasteiger partial charge in [-0.15, -0.1) is 6.42 Å². The Morgan fingerprint density at radius 2 is 2.07 bits per heavy atom. The lowest BCUT2D eigenvalue weighted by Gasteiger charge is -2.19. The molecule has 0 aromatic rings. The SMILES string of the molecule is C#CCC(=O)N(CCC)CC(=O)OCC. The number of carbonyl (C=O) groups excluding carboxylic acids is 2. The van der Waals surface area contributed by atoms with E-state index in [1.54, 1.807) is 6.92 Å². The van der Waals surface area contributed by atoms with Crippen LogP contribution in [0.3, 0.4) is 0 Å². The largest absolute Gasteiger partial charge is 0.465 e. The van der Waals surface area contributed by atoms with Crippen LogP contribution in [0.15, 0.2) is 0 Å². The van der Waals surface area contributed by atoms with Gasteiger partial charge in [-0.25, -0.2) is 0 Å². The van der Waals surface area contributed by atoms with Crippen LogP contribution < -0.4 is 0 Å². The Bertz CT molecular complexity index is 255. The van der Waals surface area contributed by atoms with Gasteiger partial charge in [0.2, 0.25) is 5.91 Å². The molecule has 1 amide bonds. The number of hydrogen-bond donors (Lipinski definition) is 0. The summed E-state index contributed by atoms with van der Waals surface area (Å²) in [7, 11) is 0.